The maximum absolute atomic E-state index is 5.32. The van der Waals surface area contributed by atoms with E-state index in [-0.39, 0.29) is 0 Å². The predicted octanol–water partition coefficient (Wildman–Crippen LogP) is 1.58. The molecule has 0 aromatic carbocycles. The molecule has 1 heterocycles. The van der Waals surface area contributed by atoms with E-state index in [4.69, 9.17) is 4.74 Å². The molecule has 0 aliphatic carbocycles. The minimum Gasteiger partial charge on any atom is -0.381 e. The molecular formula is C10H19NOS. The van der Waals surface area contributed by atoms with Crippen LogP contribution in [0.4, 0.5) is 0 Å². The molecule has 0 saturated carbocycles. The SMILES string of the molecule is CN(CC=CCS)C1CCOCC1. The first kappa shape index (κ1) is 11.1. The number of hydrogen-bond acceptors (Lipinski definition) is 3. The summed E-state index contributed by atoms with van der Waals surface area (Å²) in [6.45, 7) is 2.88. The first-order chi connectivity index (χ1) is 6.34. The van der Waals surface area contributed by atoms with Gasteiger partial charge in [0.05, 0.1) is 0 Å². The second kappa shape index (κ2) is 6.46. The van der Waals surface area contributed by atoms with Gasteiger partial charge in [-0.15, -0.1) is 0 Å². The van der Waals surface area contributed by atoms with E-state index in [1.807, 2.05) is 0 Å². The van der Waals surface area contributed by atoms with Crippen molar-refractivity contribution in [3.8, 4) is 0 Å². The van der Waals surface area contributed by atoms with E-state index in [1.165, 1.54) is 12.8 Å². The van der Waals surface area contributed by atoms with Crippen molar-refractivity contribution in [2.45, 2.75) is 18.9 Å². The van der Waals surface area contributed by atoms with Crippen LogP contribution < -0.4 is 0 Å². The van der Waals surface area contributed by atoms with Crippen molar-refractivity contribution in [2.75, 3.05) is 32.6 Å². The molecule has 1 fully saturated rings. The molecule has 0 unspecified atom stereocenters. The molecular weight excluding hydrogens is 182 g/mol. The summed E-state index contributed by atoms with van der Waals surface area (Å²) >= 11 is 4.12. The summed E-state index contributed by atoms with van der Waals surface area (Å²) in [5.74, 6) is 0.835. The van der Waals surface area contributed by atoms with Gasteiger partial charge < -0.3 is 4.74 Å². The van der Waals surface area contributed by atoms with Crippen LogP contribution in [0.2, 0.25) is 0 Å². The first-order valence-electron chi connectivity index (χ1n) is 4.88. The summed E-state index contributed by atoms with van der Waals surface area (Å²) in [6.07, 6.45) is 6.62. The number of hydrogen-bond donors (Lipinski definition) is 1. The fraction of sp³-hybridized carbons (Fsp3) is 0.800. The van der Waals surface area contributed by atoms with Crippen LogP contribution >= 0.6 is 12.6 Å². The van der Waals surface area contributed by atoms with Crippen molar-refractivity contribution in [1.29, 1.82) is 0 Å². The predicted molar refractivity (Wildman–Crippen MR) is 59.5 cm³/mol. The van der Waals surface area contributed by atoms with Gasteiger partial charge in [-0.3, -0.25) is 4.90 Å². The molecule has 76 valence electrons. The third-order valence-corrected chi connectivity index (χ3v) is 2.69. The highest BCUT2D eigenvalue weighted by atomic mass is 32.1. The number of thiol groups is 1. The highest BCUT2D eigenvalue weighted by molar-refractivity contribution is 7.80. The number of nitrogens with zero attached hydrogens (tertiary/aromatic N) is 1. The molecule has 0 spiro atoms. The fourth-order valence-corrected chi connectivity index (χ4v) is 1.74. The molecule has 1 aliphatic heterocycles. The van der Waals surface area contributed by atoms with Gasteiger partial charge in [-0.2, -0.15) is 12.6 Å². The summed E-state index contributed by atoms with van der Waals surface area (Å²) in [7, 11) is 2.18. The Balaban J connectivity index is 2.20. The normalized spacial score (nSPS) is 20.2. The molecule has 0 N–H and O–H groups in total. The van der Waals surface area contributed by atoms with Crippen LogP contribution in [-0.4, -0.2) is 43.5 Å². The molecule has 1 aliphatic rings. The van der Waals surface area contributed by atoms with Crippen molar-refractivity contribution in [3.63, 3.8) is 0 Å². The van der Waals surface area contributed by atoms with Crippen molar-refractivity contribution in [3.05, 3.63) is 12.2 Å². The third-order valence-electron chi connectivity index (χ3n) is 2.48. The van der Waals surface area contributed by atoms with E-state index >= 15 is 0 Å². The molecule has 0 aromatic rings. The number of ether oxygens (including phenoxy) is 1. The van der Waals surface area contributed by atoms with Gasteiger partial charge in [0.1, 0.15) is 0 Å². The maximum Gasteiger partial charge on any atom is 0.0480 e. The van der Waals surface area contributed by atoms with Crippen molar-refractivity contribution in [1.82, 2.24) is 4.90 Å². The zero-order valence-electron chi connectivity index (χ0n) is 8.28. The van der Waals surface area contributed by atoms with Crippen molar-refractivity contribution >= 4 is 12.6 Å². The van der Waals surface area contributed by atoms with E-state index in [2.05, 4.69) is 36.7 Å². The minimum absolute atomic E-state index is 0.707. The molecule has 0 atom stereocenters. The van der Waals surface area contributed by atoms with Gasteiger partial charge in [-0.1, -0.05) is 12.2 Å². The largest absolute Gasteiger partial charge is 0.381 e. The maximum atomic E-state index is 5.32. The highest BCUT2D eigenvalue weighted by Crippen LogP contribution is 2.12. The van der Waals surface area contributed by atoms with Crippen LogP contribution in [0, 0.1) is 0 Å². The third kappa shape index (κ3) is 4.16. The Hall–Kier alpha value is 0.01000. The second-order valence-corrected chi connectivity index (χ2v) is 3.80. The molecule has 0 amide bonds. The van der Waals surface area contributed by atoms with Crippen LogP contribution in [0.5, 0.6) is 0 Å². The van der Waals surface area contributed by atoms with Crippen LogP contribution in [0.3, 0.4) is 0 Å². The molecule has 1 saturated heterocycles. The second-order valence-electron chi connectivity index (χ2n) is 3.44. The lowest BCUT2D eigenvalue weighted by molar-refractivity contribution is 0.0465. The monoisotopic (exact) mass is 201 g/mol. The molecule has 2 nitrogen and oxygen atoms in total. The molecule has 13 heavy (non-hydrogen) atoms. The fourth-order valence-electron chi connectivity index (χ4n) is 1.59. The summed E-state index contributed by atoms with van der Waals surface area (Å²) < 4.78 is 5.32. The lowest BCUT2D eigenvalue weighted by Gasteiger charge is -2.30. The molecule has 0 bridgehead atoms. The van der Waals surface area contributed by atoms with Gasteiger partial charge in [0, 0.05) is 31.6 Å². The van der Waals surface area contributed by atoms with Crippen LogP contribution in [0.15, 0.2) is 12.2 Å². The van der Waals surface area contributed by atoms with Gasteiger partial charge in [-0.05, 0) is 19.9 Å². The summed E-state index contributed by atoms with van der Waals surface area (Å²) in [4.78, 5) is 2.39. The lowest BCUT2D eigenvalue weighted by Crippen LogP contribution is -2.36. The first-order valence-corrected chi connectivity index (χ1v) is 5.51. The van der Waals surface area contributed by atoms with Crippen molar-refractivity contribution < 1.29 is 4.74 Å². The zero-order valence-corrected chi connectivity index (χ0v) is 9.17. The van der Waals surface area contributed by atoms with Gasteiger partial charge in [0.2, 0.25) is 0 Å². The summed E-state index contributed by atoms with van der Waals surface area (Å²) in [5.41, 5.74) is 0. The van der Waals surface area contributed by atoms with E-state index in [1.54, 1.807) is 0 Å². The van der Waals surface area contributed by atoms with Gasteiger partial charge >= 0.3 is 0 Å². The molecule has 0 radical (unpaired) electrons. The minimum atomic E-state index is 0.707. The van der Waals surface area contributed by atoms with Gasteiger partial charge in [-0.25, -0.2) is 0 Å². The topological polar surface area (TPSA) is 12.5 Å². The van der Waals surface area contributed by atoms with Crippen LogP contribution in [0.1, 0.15) is 12.8 Å². The Morgan fingerprint density at radius 1 is 1.38 bits per heavy atom. The Kier molecular flexibility index (Phi) is 5.51. The average Bonchev–Trinajstić information content (AvgIpc) is 2.19. The zero-order chi connectivity index (χ0) is 9.52. The van der Waals surface area contributed by atoms with E-state index in [9.17, 15) is 0 Å². The number of rotatable bonds is 4. The highest BCUT2D eigenvalue weighted by Gasteiger charge is 2.16. The standard InChI is InChI=1S/C10H19NOS/c1-11(6-2-3-9-13)10-4-7-12-8-5-10/h2-3,10,13H,4-9H2,1H3. The smallest absolute Gasteiger partial charge is 0.0480 e. The quantitative estimate of drug-likeness (QED) is 0.548. The summed E-state index contributed by atoms with van der Waals surface area (Å²) in [6, 6.07) is 0.707. The average molecular weight is 201 g/mol. The Morgan fingerprint density at radius 3 is 2.69 bits per heavy atom. The number of likely N-dealkylation sites (N-methyl/N-ethyl adjacent to an activating group) is 1. The van der Waals surface area contributed by atoms with E-state index < -0.39 is 0 Å². The Labute approximate surface area is 86.4 Å². The molecule has 1 rings (SSSR count). The molecule has 3 heteroatoms. The molecule has 0 aromatic heterocycles. The lowest BCUT2D eigenvalue weighted by atomic mass is 10.1. The van der Waals surface area contributed by atoms with Crippen LogP contribution in [-0.2, 0) is 4.74 Å². The van der Waals surface area contributed by atoms with Crippen LogP contribution in [0.25, 0.3) is 0 Å². The van der Waals surface area contributed by atoms with Gasteiger partial charge in [0.25, 0.3) is 0 Å². The Morgan fingerprint density at radius 2 is 2.08 bits per heavy atom. The Bertz CT molecular complexity index is 155. The van der Waals surface area contributed by atoms with E-state index in [0.29, 0.717) is 6.04 Å². The van der Waals surface area contributed by atoms with Gasteiger partial charge in [0.15, 0.2) is 0 Å². The van der Waals surface area contributed by atoms with Crippen molar-refractivity contribution in [2.24, 2.45) is 0 Å². The summed E-state index contributed by atoms with van der Waals surface area (Å²) in [5, 5.41) is 0. The van der Waals surface area contributed by atoms with E-state index in [0.717, 1.165) is 25.5 Å².